The fraction of sp³-hybridized carbons (Fsp3) is 0.429. The molecule has 0 bridgehead atoms. The van der Waals surface area contributed by atoms with Crippen molar-refractivity contribution < 1.29 is 42.2 Å². The Labute approximate surface area is 130 Å². The van der Waals surface area contributed by atoms with Gasteiger partial charge < -0.3 is 11.2 Å². The Kier molecular flexibility index (Phi) is 13.8. The third kappa shape index (κ3) is 10.7. The zero-order valence-electron chi connectivity index (χ0n) is 11.1. The van der Waals surface area contributed by atoms with Crippen LogP contribution >= 0.6 is 0 Å². The van der Waals surface area contributed by atoms with Crippen molar-refractivity contribution in [2.24, 2.45) is 5.92 Å². The number of rotatable bonds is 3. The summed E-state index contributed by atoms with van der Waals surface area (Å²) in [6.45, 7) is 7.95. The number of hydrogen-bond acceptors (Lipinski definition) is 2. The number of hydrogen-bond donors (Lipinski definition) is 0. The standard InChI is InChI=1S/C11H13O2.C3H7.Y/c1-9(2)11(12)13-8-10-6-4-3-5-7-10;1-3-2;/h3-6,9H,8H2,1-2H3;3H,1-2H3;/q2*-1;. The Morgan fingerprint density at radius 1 is 1.41 bits per heavy atom. The number of benzene rings is 1. The molecule has 0 aliphatic carbocycles. The summed E-state index contributed by atoms with van der Waals surface area (Å²) in [6, 6.07) is 10.5. The summed E-state index contributed by atoms with van der Waals surface area (Å²) in [5.74, 6) is -0.235. The molecule has 0 unspecified atom stereocenters. The summed E-state index contributed by atoms with van der Waals surface area (Å²) in [4.78, 5) is 11.1. The van der Waals surface area contributed by atoms with Crippen molar-refractivity contribution in [2.45, 2.75) is 34.3 Å². The molecular weight excluding hydrogens is 289 g/mol. The maximum absolute atomic E-state index is 11.1. The minimum Gasteiger partial charge on any atom is -0.463 e. The van der Waals surface area contributed by atoms with Crippen LogP contribution in [-0.2, 0) is 48.8 Å². The Morgan fingerprint density at radius 3 is 2.41 bits per heavy atom. The van der Waals surface area contributed by atoms with Gasteiger partial charge in [-0.1, -0.05) is 13.8 Å². The second-order valence-electron chi connectivity index (χ2n) is 3.73. The van der Waals surface area contributed by atoms with Gasteiger partial charge in [-0.15, -0.1) is 5.56 Å². The topological polar surface area (TPSA) is 26.3 Å². The molecular formula is C14H20O2Y-2. The van der Waals surface area contributed by atoms with E-state index >= 15 is 0 Å². The van der Waals surface area contributed by atoms with Gasteiger partial charge >= 0.3 is 5.97 Å². The van der Waals surface area contributed by atoms with Gasteiger partial charge in [0.25, 0.3) is 0 Å². The molecule has 3 heteroatoms. The molecule has 0 aliphatic rings. The predicted octanol–water partition coefficient (Wildman–Crippen LogP) is 3.41. The average Bonchev–Trinajstić information content (AvgIpc) is 2.28. The molecule has 1 aromatic rings. The molecule has 0 heterocycles. The predicted molar refractivity (Wildman–Crippen MR) is 65.6 cm³/mol. The van der Waals surface area contributed by atoms with Crippen LogP contribution in [0.4, 0.5) is 0 Å². The molecule has 0 aromatic heterocycles. The van der Waals surface area contributed by atoms with E-state index in [-0.39, 0.29) is 44.6 Å². The van der Waals surface area contributed by atoms with Crippen LogP contribution in [-0.4, -0.2) is 5.97 Å². The van der Waals surface area contributed by atoms with Crippen molar-refractivity contribution in [3.63, 3.8) is 0 Å². The maximum atomic E-state index is 11.1. The molecule has 0 N–H and O–H groups in total. The van der Waals surface area contributed by atoms with Crippen molar-refractivity contribution in [1.82, 2.24) is 0 Å². The van der Waals surface area contributed by atoms with Gasteiger partial charge in [-0.25, -0.2) is 0 Å². The minimum absolute atomic E-state index is 0. The van der Waals surface area contributed by atoms with Crippen molar-refractivity contribution >= 4 is 5.97 Å². The maximum Gasteiger partial charge on any atom is 0.308 e. The second-order valence-corrected chi connectivity index (χ2v) is 3.73. The molecule has 1 rings (SSSR count). The molecule has 0 saturated carbocycles. The van der Waals surface area contributed by atoms with Gasteiger partial charge in [-0.3, -0.25) is 4.79 Å². The average molecular weight is 309 g/mol. The molecule has 0 aliphatic heterocycles. The Bertz CT molecular complexity index is 284. The normalized spacial score (nSPS) is 8.76. The van der Waals surface area contributed by atoms with E-state index < -0.39 is 0 Å². The van der Waals surface area contributed by atoms with Crippen LogP contribution in [0.1, 0.15) is 33.3 Å². The molecule has 93 valence electrons. The molecule has 1 radical (unpaired) electrons. The summed E-state index contributed by atoms with van der Waals surface area (Å²) in [7, 11) is 0. The fourth-order valence-corrected chi connectivity index (χ4v) is 0.836. The first-order valence-corrected chi connectivity index (χ1v) is 5.48. The first kappa shape index (κ1) is 19.1. The van der Waals surface area contributed by atoms with E-state index in [0.717, 1.165) is 5.56 Å². The Hall–Kier alpha value is -0.206. The summed E-state index contributed by atoms with van der Waals surface area (Å²) < 4.78 is 5.02. The zero-order valence-corrected chi connectivity index (χ0v) is 13.9. The molecule has 0 amide bonds. The second kappa shape index (κ2) is 12.3. The number of carbonyl (C=O) groups excluding carboxylic acids is 1. The SMILES string of the molecule is CC(C)C(=O)OCc1[c-]cccc1.C[CH-]C.[Y]. The van der Waals surface area contributed by atoms with E-state index in [1.165, 1.54) is 0 Å². The molecule has 0 atom stereocenters. The first-order valence-electron chi connectivity index (χ1n) is 5.48. The number of carbonyl (C=O) groups is 1. The Morgan fingerprint density at radius 2 is 2.00 bits per heavy atom. The fourth-order valence-electron chi connectivity index (χ4n) is 0.836. The van der Waals surface area contributed by atoms with Crippen LogP contribution in [0.3, 0.4) is 0 Å². The third-order valence-electron chi connectivity index (χ3n) is 1.61. The van der Waals surface area contributed by atoms with Crippen molar-refractivity contribution in [1.29, 1.82) is 0 Å². The molecule has 0 spiro atoms. The van der Waals surface area contributed by atoms with Gasteiger partial charge in [0.1, 0.15) is 0 Å². The van der Waals surface area contributed by atoms with Gasteiger partial charge in [0.15, 0.2) is 0 Å². The van der Waals surface area contributed by atoms with E-state index in [9.17, 15) is 4.79 Å². The van der Waals surface area contributed by atoms with E-state index in [1.807, 2.05) is 52.3 Å². The van der Waals surface area contributed by atoms with E-state index in [4.69, 9.17) is 4.74 Å². The number of ether oxygens (including phenoxy) is 1. The summed E-state index contributed by atoms with van der Waals surface area (Å²) in [5, 5.41) is 0. The Balaban J connectivity index is 0. The van der Waals surface area contributed by atoms with Crippen LogP contribution < -0.4 is 0 Å². The van der Waals surface area contributed by atoms with E-state index in [1.54, 1.807) is 6.07 Å². The molecule has 17 heavy (non-hydrogen) atoms. The van der Waals surface area contributed by atoms with Crippen LogP contribution in [0.2, 0.25) is 0 Å². The van der Waals surface area contributed by atoms with Gasteiger partial charge in [0.2, 0.25) is 0 Å². The first-order chi connectivity index (χ1) is 7.61. The molecule has 2 nitrogen and oxygen atoms in total. The van der Waals surface area contributed by atoms with Crippen LogP contribution in [0.25, 0.3) is 0 Å². The molecule has 1 aromatic carbocycles. The molecule has 0 saturated heterocycles. The van der Waals surface area contributed by atoms with Crippen molar-refractivity contribution in [3.05, 3.63) is 42.3 Å². The quantitative estimate of drug-likeness (QED) is 0.632. The van der Waals surface area contributed by atoms with E-state index in [0.29, 0.717) is 6.61 Å². The van der Waals surface area contributed by atoms with Gasteiger partial charge in [-0.05, 0) is 0 Å². The number of esters is 1. The summed E-state index contributed by atoms with van der Waals surface area (Å²) in [6.07, 6.45) is 2.00. The van der Waals surface area contributed by atoms with Gasteiger partial charge in [0, 0.05) is 32.7 Å². The van der Waals surface area contributed by atoms with Gasteiger partial charge in [-0.2, -0.15) is 44.2 Å². The monoisotopic (exact) mass is 309 g/mol. The van der Waals surface area contributed by atoms with Gasteiger partial charge in [0.05, 0.1) is 12.5 Å². The smallest absolute Gasteiger partial charge is 0.308 e. The van der Waals surface area contributed by atoms with Crippen LogP contribution in [0.15, 0.2) is 24.3 Å². The van der Waals surface area contributed by atoms with Crippen LogP contribution in [0.5, 0.6) is 0 Å². The van der Waals surface area contributed by atoms with E-state index in [2.05, 4.69) is 6.07 Å². The summed E-state index contributed by atoms with van der Waals surface area (Å²) >= 11 is 0. The zero-order chi connectivity index (χ0) is 12.4. The third-order valence-corrected chi connectivity index (χ3v) is 1.61. The van der Waals surface area contributed by atoms with Crippen LogP contribution in [0, 0.1) is 18.4 Å². The minimum atomic E-state index is -0.169. The molecule has 0 fully saturated rings. The summed E-state index contributed by atoms with van der Waals surface area (Å²) in [5.41, 5.74) is 0.900. The largest absolute Gasteiger partial charge is 0.463 e. The van der Waals surface area contributed by atoms with Crippen molar-refractivity contribution in [3.8, 4) is 0 Å². The van der Waals surface area contributed by atoms with Crippen molar-refractivity contribution in [2.75, 3.05) is 0 Å².